The number of likely N-dealkylation sites (tertiary alicyclic amines) is 2. The van der Waals surface area contributed by atoms with E-state index in [-0.39, 0.29) is 5.91 Å². The van der Waals surface area contributed by atoms with E-state index in [1.165, 1.54) is 24.2 Å². The second-order valence-corrected chi connectivity index (χ2v) is 7.51. The molecule has 6 heteroatoms. The molecule has 0 radical (unpaired) electrons. The van der Waals surface area contributed by atoms with Gasteiger partial charge in [0.25, 0.3) is 5.91 Å². The summed E-state index contributed by atoms with van der Waals surface area (Å²) in [5, 5.41) is 2.69. The maximum absolute atomic E-state index is 13.0. The molecule has 126 valence electrons. The van der Waals surface area contributed by atoms with Gasteiger partial charge < -0.3 is 9.80 Å². The van der Waals surface area contributed by atoms with Gasteiger partial charge in [-0.2, -0.15) is 0 Å². The lowest BCUT2D eigenvalue weighted by Gasteiger charge is -2.32. The molecule has 2 aromatic rings. The number of carbonyl (C=O) groups is 1. The van der Waals surface area contributed by atoms with E-state index >= 15 is 0 Å². The summed E-state index contributed by atoms with van der Waals surface area (Å²) in [6.45, 7) is 1.99. The summed E-state index contributed by atoms with van der Waals surface area (Å²) in [6.07, 6.45) is 6.39. The van der Waals surface area contributed by atoms with E-state index in [4.69, 9.17) is 0 Å². The average molecular weight is 342 g/mol. The molecule has 0 bridgehead atoms. The smallest absolute Gasteiger partial charge is 0.273 e. The van der Waals surface area contributed by atoms with Gasteiger partial charge in [-0.25, -0.2) is 4.98 Å². The summed E-state index contributed by atoms with van der Waals surface area (Å²) in [5.74, 6) is 0.0798. The Morgan fingerprint density at radius 2 is 2.04 bits per heavy atom. The first-order valence-electron chi connectivity index (χ1n) is 8.62. The van der Waals surface area contributed by atoms with Crippen molar-refractivity contribution in [2.75, 3.05) is 20.1 Å². The van der Waals surface area contributed by atoms with Gasteiger partial charge in [-0.3, -0.25) is 9.78 Å². The number of likely N-dealkylation sites (N-methyl/N-ethyl adjacent to an activating group) is 1. The van der Waals surface area contributed by atoms with Gasteiger partial charge in [0.15, 0.2) is 0 Å². The van der Waals surface area contributed by atoms with E-state index in [0.29, 0.717) is 17.8 Å². The molecule has 0 aliphatic carbocycles. The maximum Gasteiger partial charge on any atom is 0.273 e. The van der Waals surface area contributed by atoms with Crippen molar-refractivity contribution in [2.24, 2.45) is 0 Å². The molecule has 0 spiro atoms. The molecule has 2 fully saturated rings. The van der Waals surface area contributed by atoms with Gasteiger partial charge in [-0.1, -0.05) is 6.07 Å². The molecular weight excluding hydrogens is 320 g/mol. The zero-order valence-corrected chi connectivity index (χ0v) is 14.7. The lowest BCUT2D eigenvalue weighted by molar-refractivity contribution is 0.0659. The molecule has 24 heavy (non-hydrogen) atoms. The highest BCUT2D eigenvalue weighted by Gasteiger charge is 2.39. The molecule has 0 N–H and O–H groups in total. The lowest BCUT2D eigenvalue weighted by atomic mass is 10.0. The molecule has 4 rings (SSSR count). The number of hydrogen-bond acceptors (Lipinski definition) is 5. The van der Waals surface area contributed by atoms with Crippen molar-refractivity contribution in [1.29, 1.82) is 0 Å². The fourth-order valence-electron chi connectivity index (χ4n) is 3.99. The number of thiazole rings is 1. The van der Waals surface area contributed by atoms with Gasteiger partial charge in [0.1, 0.15) is 10.7 Å². The molecule has 2 atom stereocenters. The van der Waals surface area contributed by atoms with Gasteiger partial charge in [0.05, 0.1) is 5.69 Å². The van der Waals surface area contributed by atoms with Crippen LogP contribution in [0.25, 0.3) is 10.7 Å². The van der Waals surface area contributed by atoms with Crippen LogP contribution in [-0.2, 0) is 0 Å². The quantitative estimate of drug-likeness (QED) is 0.860. The summed E-state index contributed by atoms with van der Waals surface area (Å²) >= 11 is 1.49. The van der Waals surface area contributed by atoms with Crippen molar-refractivity contribution >= 4 is 17.2 Å². The van der Waals surface area contributed by atoms with E-state index in [1.807, 2.05) is 23.6 Å². The molecule has 2 aliphatic rings. The molecule has 2 aromatic heterocycles. The van der Waals surface area contributed by atoms with E-state index in [2.05, 4.69) is 26.8 Å². The third kappa shape index (κ3) is 2.84. The molecule has 1 amide bonds. The lowest BCUT2D eigenvalue weighted by Crippen LogP contribution is -2.47. The van der Waals surface area contributed by atoms with Crippen LogP contribution in [0, 0.1) is 0 Å². The van der Waals surface area contributed by atoms with Crippen molar-refractivity contribution in [3.63, 3.8) is 0 Å². The number of hydrogen-bond donors (Lipinski definition) is 0. The van der Waals surface area contributed by atoms with Crippen LogP contribution in [0.4, 0.5) is 0 Å². The van der Waals surface area contributed by atoms with E-state index in [1.54, 1.807) is 6.20 Å². The monoisotopic (exact) mass is 342 g/mol. The summed E-state index contributed by atoms with van der Waals surface area (Å²) in [7, 11) is 2.18. The first-order chi connectivity index (χ1) is 11.7. The Hall–Kier alpha value is -1.79. The average Bonchev–Trinajstić information content (AvgIpc) is 3.35. The Bertz CT molecular complexity index is 717. The van der Waals surface area contributed by atoms with Gasteiger partial charge in [0.2, 0.25) is 0 Å². The van der Waals surface area contributed by atoms with Crippen LogP contribution >= 0.6 is 11.3 Å². The fourth-order valence-corrected chi connectivity index (χ4v) is 4.76. The van der Waals surface area contributed by atoms with E-state index < -0.39 is 0 Å². The molecule has 4 heterocycles. The van der Waals surface area contributed by atoms with Crippen LogP contribution < -0.4 is 0 Å². The number of amides is 1. The largest absolute Gasteiger partial charge is 0.333 e. The highest BCUT2D eigenvalue weighted by Crippen LogP contribution is 2.31. The highest BCUT2D eigenvalue weighted by atomic mass is 32.1. The van der Waals surface area contributed by atoms with Crippen LogP contribution in [0.3, 0.4) is 0 Å². The van der Waals surface area contributed by atoms with Crippen molar-refractivity contribution in [2.45, 2.75) is 37.8 Å². The molecule has 2 saturated heterocycles. The Kier molecular flexibility index (Phi) is 4.33. The summed E-state index contributed by atoms with van der Waals surface area (Å²) < 4.78 is 0. The van der Waals surface area contributed by atoms with Crippen LogP contribution in [-0.4, -0.2) is 57.9 Å². The maximum atomic E-state index is 13.0. The van der Waals surface area contributed by atoms with Gasteiger partial charge in [0, 0.05) is 30.2 Å². The molecule has 0 aromatic carbocycles. The molecule has 0 saturated carbocycles. The minimum atomic E-state index is 0.0798. The Morgan fingerprint density at radius 3 is 2.79 bits per heavy atom. The summed E-state index contributed by atoms with van der Waals surface area (Å²) in [6, 6.07) is 6.60. The topological polar surface area (TPSA) is 49.3 Å². The SMILES string of the molecule is CN1CCC[C@@H]1[C@@H]1CCCN1C(=O)c1csc(-c2ccccn2)n1. The normalized spacial score (nSPS) is 24.6. The van der Waals surface area contributed by atoms with Gasteiger partial charge in [-0.05, 0) is 51.4 Å². The Balaban J connectivity index is 1.54. The van der Waals surface area contributed by atoms with Crippen molar-refractivity contribution in [3.8, 4) is 10.7 Å². The number of carbonyl (C=O) groups excluding carboxylic acids is 1. The second kappa shape index (κ2) is 6.61. The molecular formula is C18H22N4OS. The second-order valence-electron chi connectivity index (χ2n) is 6.65. The minimum absolute atomic E-state index is 0.0798. The predicted molar refractivity (Wildman–Crippen MR) is 95.1 cm³/mol. The number of pyridine rings is 1. The van der Waals surface area contributed by atoms with Crippen LogP contribution in [0.5, 0.6) is 0 Å². The highest BCUT2D eigenvalue weighted by molar-refractivity contribution is 7.13. The third-order valence-corrected chi connectivity index (χ3v) is 6.05. The van der Waals surface area contributed by atoms with Gasteiger partial charge >= 0.3 is 0 Å². The Labute approximate surface area is 146 Å². The van der Waals surface area contributed by atoms with Crippen LogP contribution in [0.15, 0.2) is 29.8 Å². The van der Waals surface area contributed by atoms with Crippen molar-refractivity contribution in [3.05, 3.63) is 35.5 Å². The molecule has 2 aliphatic heterocycles. The zero-order valence-electron chi connectivity index (χ0n) is 13.9. The summed E-state index contributed by atoms with van der Waals surface area (Å²) in [5.41, 5.74) is 1.39. The van der Waals surface area contributed by atoms with E-state index in [0.717, 1.165) is 36.6 Å². The van der Waals surface area contributed by atoms with Crippen molar-refractivity contribution < 1.29 is 4.79 Å². The molecule has 5 nitrogen and oxygen atoms in total. The van der Waals surface area contributed by atoms with Crippen molar-refractivity contribution in [1.82, 2.24) is 19.8 Å². The first kappa shape index (κ1) is 15.7. The number of aromatic nitrogens is 2. The predicted octanol–water partition coefficient (Wildman–Crippen LogP) is 2.90. The molecule has 0 unspecified atom stereocenters. The Morgan fingerprint density at radius 1 is 1.21 bits per heavy atom. The number of nitrogens with zero attached hydrogens (tertiary/aromatic N) is 4. The summed E-state index contributed by atoms with van der Waals surface area (Å²) in [4.78, 5) is 26.3. The van der Waals surface area contributed by atoms with E-state index in [9.17, 15) is 4.79 Å². The first-order valence-corrected chi connectivity index (χ1v) is 9.50. The zero-order chi connectivity index (χ0) is 16.5. The third-order valence-electron chi connectivity index (χ3n) is 5.19. The number of rotatable bonds is 3. The standard InChI is InChI=1S/C18H22N4OS/c1-21-10-4-7-15(21)16-8-5-11-22(16)18(23)14-12-24-17(20-14)13-6-2-3-9-19-13/h2-3,6,9,12,15-16H,4-5,7-8,10-11H2,1H3/t15-,16+/m1/s1. The van der Waals surface area contributed by atoms with Crippen LogP contribution in [0.1, 0.15) is 36.2 Å². The van der Waals surface area contributed by atoms with Gasteiger partial charge in [-0.15, -0.1) is 11.3 Å². The van der Waals surface area contributed by atoms with Crippen LogP contribution in [0.2, 0.25) is 0 Å². The minimum Gasteiger partial charge on any atom is -0.333 e. The fraction of sp³-hybridized carbons (Fsp3) is 0.500.